The number of nitrogens with zero attached hydrogens (tertiary/aromatic N) is 8. The summed E-state index contributed by atoms with van der Waals surface area (Å²) in [6.45, 7) is 2.69. The zero-order valence-corrected chi connectivity index (χ0v) is 18.5. The molecule has 0 unspecified atom stereocenters. The highest BCUT2D eigenvalue weighted by molar-refractivity contribution is 7.89. The molecule has 4 aromatic heterocycles. The van der Waals surface area contributed by atoms with Crippen LogP contribution in [0.15, 0.2) is 41.9 Å². The standard InChI is InChI=1S/C20H24N8O2S/c1-14-19(11-22-26(14)3)31(29,30)27-8-4-15(5-9-27)17-12-28-20(21-13-23-28)10-16(17)18-6-7-25(2)24-18/h6-7,10-13,15H,4-5,8-9H2,1-3H3. The van der Waals surface area contributed by atoms with Gasteiger partial charge in [-0.15, -0.1) is 0 Å². The number of aromatic nitrogens is 7. The largest absolute Gasteiger partial charge is 0.275 e. The van der Waals surface area contributed by atoms with Crippen molar-refractivity contribution in [2.75, 3.05) is 13.1 Å². The first-order valence-electron chi connectivity index (χ1n) is 10.2. The van der Waals surface area contributed by atoms with Gasteiger partial charge in [0.1, 0.15) is 11.2 Å². The summed E-state index contributed by atoms with van der Waals surface area (Å²) < 4.78 is 33.0. The molecule has 0 atom stereocenters. The van der Waals surface area contributed by atoms with Gasteiger partial charge in [0.15, 0.2) is 5.65 Å². The summed E-state index contributed by atoms with van der Waals surface area (Å²) in [6, 6.07) is 3.99. The molecule has 1 fully saturated rings. The van der Waals surface area contributed by atoms with Crippen molar-refractivity contribution >= 4 is 15.7 Å². The summed E-state index contributed by atoms with van der Waals surface area (Å²) in [5.74, 6) is 0.201. The molecule has 1 aliphatic heterocycles. The van der Waals surface area contributed by atoms with Crippen LogP contribution in [0, 0.1) is 6.92 Å². The maximum atomic E-state index is 13.1. The first kappa shape index (κ1) is 19.9. The average molecular weight is 441 g/mol. The Bertz CT molecular complexity index is 1360. The molecule has 0 N–H and O–H groups in total. The van der Waals surface area contributed by atoms with Crippen molar-refractivity contribution in [3.63, 3.8) is 0 Å². The topological polar surface area (TPSA) is 103 Å². The number of fused-ring (bicyclic) bond motifs is 1. The maximum Gasteiger partial charge on any atom is 0.246 e. The van der Waals surface area contributed by atoms with E-state index in [4.69, 9.17) is 0 Å². The first-order chi connectivity index (χ1) is 14.8. The van der Waals surface area contributed by atoms with Crippen LogP contribution in [0.25, 0.3) is 16.9 Å². The lowest BCUT2D eigenvalue weighted by molar-refractivity contribution is 0.319. The Morgan fingerprint density at radius 1 is 1.13 bits per heavy atom. The predicted octanol–water partition coefficient (Wildman–Crippen LogP) is 1.74. The zero-order chi connectivity index (χ0) is 21.8. The molecule has 5 rings (SSSR count). The molecule has 0 spiro atoms. The number of rotatable bonds is 4. The van der Waals surface area contributed by atoms with E-state index in [2.05, 4.69) is 20.3 Å². The molecule has 162 valence electrons. The van der Waals surface area contributed by atoms with E-state index in [1.807, 2.05) is 31.6 Å². The van der Waals surface area contributed by atoms with E-state index in [-0.39, 0.29) is 10.8 Å². The van der Waals surface area contributed by atoms with Gasteiger partial charge in [-0.3, -0.25) is 9.36 Å². The Morgan fingerprint density at radius 2 is 1.90 bits per heavy atom. The average Bonchev–Trinajstić information content (AvgIpc) is 3.48. The monoisotopic (exact) mass is 440 g/mol. The lowest BCUT2D eigenvalue weighted by Crippen LogP contribution is -2.38. The van der Waals surface area contributed by atoms with Crippen LogP contribution >= 0.6 is 0 Å². The van der Waals surface area contributed by atoms with Crippen LogP contribution in [0.3, 0.4) is 0 Å². The Kier molecular flexibility index (Phi) is 4.67. The first-order valence-corrected chi connectivity index (χ1v) is 11.6. The number of aryl methyl sites for hydroxylation is 2. The van der Waals surface area contributed by atoms with E-state index < -0.39 is 10.0 Å². The third kappa shape index (κ3) is 3.33. The van der Waals surface area contributed by atoms with Gasteiger partial charge in [-0.2, -0.15) is 19.6 Å². The molecule has 11 heteroatoms. The molecule has 1 saturated heterocycles. The number of piperidine rings is 1. The van der Waals surface area contributed by atoms with Crippen LogP contribution in [-0.4, -0.2) is 60.0 Å². The molecule has 0 bridgehead atoms. The van der Waals surface area contributed by atoms with Gasteiger partial charge < -0.3 is 0 Å². The fourth-order valence-corrected chi connectivity index (χ4v) is 5.91. The van der Waals surface area contributed by atoms with Crippen molar-refractivity contribution < 1.29 is 8.42 Å². The molecule has 10 nitrogen and oxygen atoms in total. The van der Waals surface area contributed by atoms with E-state index in [1.165, 1.54) is 12.5 Å². The Labute approximate surface area is 180 Å². The Morgan fingerprint density at radius 3 is 2.55 bits per heavy atom. The quantitative estimate of drug-likeness (QED) is 0.479. The lowest BCUT2D eigenvalue weighted by Gasteiger charge is -2.32. The van der Waals surface area contributed by atoms with Gasteiger partial charge in [-0.1, -0.05) is 0 Å². The minimum Gasteiger partial charge on any atom is -0.275 e. The van der Waals surface area contributed by atoms with E-state index in [0.29, 0.717) is 18.8 Å². The molecule has 31 heavy (non-hydrogen) atoms. The lowest BCUT2D eigenvalue weighted by atomic mass is 9.87. The van der Waals surface area contributed by atoms with Crippen molar-refractivity contribution in [3.05, 3.63) is 48.3 Å². The van der Waals surface area contributed by atoms with Crippen molar-refractivity contribution in [1.82, 2.24) is 38.5 Å². The highest BCUT2D eigenvalue weighted by atomic mass is 32.2. The molecule has 4 aromatic rings. The van der Waals surface area contributed by atoms with Crippen molar-refractivity contribution in [2.45, 2.75) is 30.6 Å². The van der Waals surface area contributed by atoms with E-state index in [9.17, 15) is 8.42 Å². The second kappa shape index (κ2) is 7.27. The molecule has 0 saturated carbocycles. The third-order valence-electron chi connectivity index (χ3n) is 6.14. The zero-order valence-electron chi connectivity index (χ0n) is 17.7. The molecular weight excluding hydrogens is 416 g/mol. The highest BCUT2D eigenvalue weighted by Gasteiger charge is 2.33. The van der Waals surface area contributed by atoms with Gasteiger partial charge in [0.25, 0.3) is 0 Å². The summed E-state index contributed by atoms with van der Waals surface area (Å²) in [5, 5.41) is 13.0. The maximum absolute atomic E-state index is 13.1. The SMILES string of the molecule is Cc1c(S(=O)(=O)N2CCC(c3cn4ncnc4cc3-c3ccn(C)n3)CC2)cnn1C. The number of hydrogen-bond donors (Lipinski definition) is 0. The Hall–Kier alpha value is -3.05. The van der Waals surface area contributed by atoms with Crippen LogP contribution < -0.4 is 0 Å². The van der Waals surface area contributed by atoms with E-state index in [0.717, 1.165) is 35.3 Å². The molecule has 1 aliphatic rings. The van der Waals surface area contributed by atoms with Gasteiger partial charge in [0, 0.05) is 45.1 Å². The molecule has 5 heterocycles. The van der Waals surface area contributed by atoms with Gasteiger partial charge in [-0.05, 0) is 43.4 Å². The fourth-order valence-electron chi connectivity index (χ4n) is 4.26. The summed E-state index contributed by atoms with van der Waals surface area (Å²) >= 11 is 0. The normalized spacial score (nSPS) is 16.4. The molecule has 0 radical (unpaired) electrons. The van der Waals surface area contributed by atoms with Gasteiger partial charge in [0.2, 0.25) is 10.0 Å². The molecule has 0 aliphatic carbocycles. The second-order valence-electron chi connectivity index (χ2n) is 7.98. The summed E-state index contributed by atoms with van der Waals surface area (Å²) in [4.78, 5) is 4.59. The molecular formula is C20H24N8O2S. The van der Waals surface area contributed by atoms with E-state index >= 15 is 0 Å². The predicted molar refractivity (Wildman–Crippen MR) is 114 cm³/mol. The fraction of sp³-hybridized carbons (Fsp3) is 0.400. The highest BCUT2D eigenvalue weighted by Crippen LogP contribution is 2.36. The van der Waals surface area contributed by atoms with Crippen LogP contribution in [0.1, 0.15) is 30.0 Å². The number of sulfonamides is 1. The minimum absolute atomic E-state index is 0.201. The van der Waals surface area contributed by atoms with Gasteiger partial charge in [-0.25, -0.2) is 17.9 Å². The van der Waals surface area contributed by atoms with Gasteiger partial charge >= 0.3 is 0 Å². The van der Waals surface area contributed by atoms with Crippen LogP contribution in [0.2, 0.25) is 0 Å². The van der Waals surface area contributed by atoms with Crippen molar-refractivity contribution in [3.8, 4) is 11.3 Å². The van der Waals surface area contributed by atoms with Crippen molar-refractivity contribution in [2.24, 2.45) is 14.1 Å². The number of pyridine rings is 1. The summed E-state index contributed by atoms with van der Waals surface area (Å²) in [6.07, 6.45) is 8.34. The summed E-state index contributed by atoms with van der Waals surface area (Å²) in [7, 11) is 0.0860. The smallest absolute Gasteiger partial charge is 0.246 e. The minimum atomic E-state index is -3.56. The van der Waals surface area contributed by atoms with E-state index in [1.54, 1.807) is 32.2 Å². The Balaban J connectivity index is 1.45. The second-order valence-corrected chi connectivity index (χ2v) is 9.88. The van der Waals surface area contributed by atoms with Crippen LogP contribution in [-0.2, 0) is 24.1 Å². The van der Waals surface area contributed by atoms with Gasteiger partial charge in [0.05, 0.1) is 17.6 Å². The van der Waals surface area contributed by atoms with Crippen LogP contribution in [0.5, 0.6) is 0 Å². The molecule has 0 amide bonds. The third-order valence-corrected chi connectivity index (χ3v) is 8.14. The van der Waals surface area contributed by atoms with Crippen molar-refractivity contribution in [1.29, 1.82) is 0 Å². The molecule has 0 aromatic carbocycles. The van der Waals surface area contributed by atoms with Crippen LogP contribution in [0.4, 0.5) is 0 Å². The number of hydrogen-bond acceptors (Lipinski definition) is 6. The summed E-state index contributed by atoms with van der Waals surface area (Å²) in [5.41, 5.74) is 4.42.